The van der Waals surface area contributed by atoms with E-state index in [0.29, 0.717) is 6.04 Å². The van der Waals surface area contributed by atoms with Crippen molar-refractivity contribution in [3.63, 3.8) is 0 Å². The van der Waals surface area contributed by atoms with E-state index < -0.39 is 0 Å². The smallest absolute Gasteiger partial charge is 0.121 e. The highest BCUT2D eigenvalue weighted by Gasteiger charge is 2.22. The summed E-state index contributed by atoms with van der Waals surface area (Å²) in [4.78, 5) is 4.91. The van der Waals surface area contributed by atoms with Crippen LogP contribution in [0.25, 0.3) is 0 Å². The SMILES string of the molecule is CCN(c1cc(OCCCN(C)CCOC)cc(C)c1C)C1CCCCC1. The molecule has 0 saturated heterocycles. The first-order valence-electron chi connectivity index (χ1n) is 10.7. The standard InChI is InChI=1S/C23H40N2O2/c1-6-25(21-11-8-7-9-12-21)23-18-22(17-19(2)20(23)3)27-15-10-13-24(4)14-16-26-5/h17-18,21H,6-16H2,1-5H3. The summed E-state index contributed by atoms with van der Waals surface area (Å²) >= 11 is 0. The quantitative estimate of drug-likeness (QED) is 0.518. The molecule has 0 atom stereocenters. The highest BCUT2D eigenvalue weighted by Crippen LogP contribution is 2.33. The molecule has 1 aliphatic rings. The highest BCUT2D eigenvalue weighted by molar-refractivity contribution is 5.60. The van der Waals surface area contributed by atoms with Crippen molar-refractivity contribution in [1.82, 2.24) is 4.90 Å². The fraction of sp³-hybridized carbons (Fsp3) is 0.739. The van der Waals surface area contributed by atoms with Crippen LogP contribution in [-0.2, 0) is 4.74 Å². The van der Waals surface area contributed by atoms with Crippen molar-refractivity contribution in [3.05, 3.63) is 23.3 Å². The molecule has 0 N–H and O–H groups in total. The lowest BCUT2D eigenvalue weighted by Gasteiger charge is -2.37. The number of hydrogen-bond donors (Lipinski definition) is 0. The number of nitrogens with zero attached hydrogens (tertiary/aromatic N) is 2. The molecule has 1 fully saturated rings. The maximum absolute atomic E-state index is 6.13. The van der Waals surface area contributed by atoms with Crippen LogP contribution in [0.3, 0.4) is 0 Å². The lowest BCUT2D eigenvalue weighted by atomic mass is 9.93. The van der Waals surface area contributed by atoms with Crippen LogP contribution in [0.5, 0.6) is 5.75 Å². The molecule has 1 aromatic rings. The van der Waals surface area contributed by atoms with Crippen molar-refractivity contribution in [3.8, 4) is 5.75 Å². The second kappa shape index (κ2) is 11.6. The summed E-state index contributed by atoms with van der Waals surface area (Å²) in [6.07, 6.45) is 7.81. The molecule has 4 nitrogen and oxygen atoms in total. The molecular formula is C23H40N2O2. The molecule has 0 aromatic heterocycles. The Morgan fingerprint density at radius 2 is 1.78 bits per heavy atom. The fourth-order valence-corrected chi connectivity index (χ4v) is 4.09. The van der Waals surface area contributed by atoms with E-state index in [2.05, 4.69) is 49.8 Å². The van der Waals surface area contributed by atoms with Gasteiger partial charge in [0, 0.05) is 44.5 Å². The molecule has 4 heteroatoms. The zero-order valence-corrected chi connectivity index (χ0v) is 18.2. The monoisotopic (exact) mass is 376 g/mol. The van der Waals surface area contributed by atoms with Gasteiger partial charge in [0.05, 0.1) is 13.2 Å². The Labute approximate surface area is 166 Å². The third kappa shape index (κ3) is 6.69. The van der Waals surface area contributed by atoms with E-state index in [1.54, 1.807) is 7.11 Å². The normalized spacial score (nSPS) is 15.3. The number of rotatable bonds is 11. The summed E-state index contributed by atoms with van der Waals surface area (Å²) in [7, 11) is 3.89. The molecule has 0 aliphatic heterocycles. The number of aryl methyl sites for hydroxylation is 1. The fourth-order valence-electron chi connectivity index (χ4n) is 4.09. The van der Waals surface area contributed by atoms with E-state index in [9.17, 15) is 0 Å². The van der Waals surface area contributed by atoms with Gasteiger partial charge in [0.1, 0.15) is 5.75 Å². The minimum Gasteiger partial charge on any atom is -0.493 e. The van der Waals surface area contributed by atoms with Gasteiger partial charge in [-0.05, 0) is 64.3 Å². The molecule has 1 aliphatic carbocycles. The molecule has 0 bridgehead atoms. The van der Waals surface area contributed by atoms with Gasteiger partial charge in [0.2, 0.25) is 0 Å². The van der Waals surface area contributed by atoms with E-state index >= 15 is 0 Å². The molecule has 1 aromatic carbocycles. The molecule has 0 amide bonds. The summed E-state index contributed by atoms with van der Waals surface area (Å²) in [6, 6.07) is 5.16. The second-order valence-corrected chi connectivity index (χ2v) is 7.96. The van der Waals surface area contributed by atoms with Gasteiger partial charge in [-0.2, -0.15) is 0 Å². The number of methoxy groups -OCH3 is 1. The molecule has 0 radical (unpaired) electrons. The summed E-state index contributed by atoms with van der Waals surface area (Å²) in [6.45, 7) is 11.4. The zero-order valence-electron chi connectivity index (χ0n) is 18.2. The number of benzene rings is 1. The predicted octanol–water partition coefficient (Wildman–Crippen LogP) is 4.81. The van der Waals surface area contributed by atoms with Crippen molar-refractivity contribution >= 4 is 5.69 Å². The molecule has 27 heavy (non-hydrogen) atoms. The Morgan fingerprint density at radius 3 is 2.44 bits per heavy atom. The topological polar surface area (TPSA) is 24.9 Å². The van der Waals surface area contributed by atoms with E-state index in [0.717, 1.165) is 45.0 Å². The van der Waals surface area contributed by atoms with Crippen LogP contribution in [-0.4, -0.2) is 57.9 Å². The van der Waals surface area contributed by atoms with E-state index in [1.807, 2.05) is 0 Å². The third-order valence-corrected chi connectivity index (χ3v) is 5.91. The zero-order chi connectivity index (χ0) is 19.6. The summed E-state index contributed by atoms with van der Waals surface area (Å²) < 4.78 is 11.3. The largest absolute Gasteiger partial charge is 0.493 e. The Morgan fingerprint density at radius 1 is 1.04 bits per heavy atom. The van der Waals surface area contributed by atoms with Crippen molar-refractivity contribution < 1.29 is 9.47 Å². The average Bonchev–Trinajstić information content (AvgIpc) is 2.68. The first-order chi connectivity index (χ1) is 13.1. The second-order valence-electron chi connectivity index (χ2n) is 7.96. The predicted molar refractivity (Wildman–Crippen MR) is 115 cm³/mol. The first-order valence-corrected chi connectivity index (χ1v) is 10.7. The van der Waals surface area contributed by atoms with E-state index in [1.165, 1.54) is 48.9 Å². The Bertz CT molecular complexity index is 556. The van der Waals surface area contributed by atoms with E-state index in [4.69, 9.17) is 9.47 Å². The number of likely N-dealkylation sites (N-methyl/N-ethyl adjacent to an activating group) is 1. The van der Waals surface area contributed by atoms with Crippen LogP contribution in [0.1, 0.15) is 56.6 Å². The highest BCUT2D eigenvalue weighted by atomic mass is 16.5. The van der Waals surface area contributed by atoms with Crippen LogP contribution in [0.15, 0.2) is 12.1 Å². The molecule has 1 saturated carbocycles. The first kappa shape index (κ1) is 22.0. The molecule has 0 unspecified atom stereocenters. The number of ether oxygens (including phenoxy) is 2. The minimum absolute atomic E-state index is 0.687. The summed E-state index contributed by atoms with van der Waals surface area (Å²) in [5.41, 5.74) is 4.10. The van der Waals surface area contributed by atoms with Crippen LogP contribution in [0, 0.1) is 13.8 Å². The lowest BCUT2D eigenvalue weighted by Crippen LogP contribution is -2.37. The maximum atomic E-state index is 6.13. The minimum atomic E-state index is 0.687. The Hall–Kier alpha value is -1.26. The van der Waals surface area contributed by atoms with Gasteiger partial charge in [-0.1, -0.05) is 19.3 Å². The molecule has 154 valence electrons. The maximum Gasteiger partial charge on any atom is 0.121 e. The molecule has 0 heterocycles. The van der Waals surface area contributed by atoms with Crippen LogP contribution >= 0.6 is 0 Å². The van der Waals surface area contributed by atoms with Gasteiger partial charge in [0.15, 0.2) is 0 Å². The van der Waals surface area contributed by atoms with Gasteiger partial charge in [-0.3, -0.25) is 0 Å². The summed E-state index contributed by atoms with van der Waals surface area (Å²) in [5.74, 6) is 1.02. The van der Waals surface area contributed by atoms with Crippen molar-refractivity contribution in [2.75, 3.05) is 51.9 Å². The number of anilines is 1. The summed E-state index contributed by atoms with van der Waals surface area (Å²) in [5, 5.41) is 0. The Kier molecular flexibility index (Phi) is 9.43. The van der Waals surface area contributed by atoms with Gasteiger partial charge in [-0.25, -0.2) is 0 Å². The van der Waals surface area contributed by atoms with Crippen LogP contribution in [0.4, 0.5) is 5.69 Å². The Balaban J connectivity index is 1.97. The van der Waals surface area contributed by atoms with Crippen molar-refractivity contribution in [1.29, 1.82) is 0 Å². The molecular weight excluding hydrogens is 336 g/mol. The molecule has 2 rings (SSSR count). The number of hydrogen-bond acceptors (Lipinski definition) is 4. The van der Waals surface area contributed by atoms with Crippen LogP contribution in [0.2, 0.25) is 0 Å². The van der Waals surface area contributed by atoms with Crippen molar-refractivity contribution in [2.45, 2.75) is 65.3 Å². The molecule has 0 spiro atoms. The van der Waals surface area contributed by atoms with E-state index in [-0.39, 0.29) is 0 Å². The van der Waals surface area contributed by atoms with Gasteiger partial charge >= 0.3 is 0 Å². The third-order valence-electron chi connectivity index (χ3n) is 5.91. The van der Waals surface area contributed by atoms with Gasteiger partial charge < -0.3 is 19.3 Å². The lowest BCUT2D eigenvalue weighted by molar-refractivity contribution is 0.157. The van der Waals surface area contributed by atoms with Crippen molar-refractivity contribution in [2.24, 2.45) is 0 Å². The average molecular weight is 377 g/mol. The van der Waals surface area contributed by atoms with Crippen LogP contribution < -0.4 is 9.64 Å². The van der Waals surface area contributed by atoms with Gasteiger partial charge in [0.25, 0.3) is 0 Å². The van der Waals surface area contributed by atoms with Gasteiger partial charge in [-0.15, -0.1) is 0 Å².